The number of carbonyl (C=O) groups excluding carboxylic acids is 1. The lowest BCUT2D eigenvalue weighted by Crippen LogP contribution is -2.38. The first kappa shape index (κ1) is 14.6. The molecule has 5 nitrogen and oxygen atoms in total. The molecule has 108 valence electrons. The molecule has 2 rings (SSSR count). The zero-order chi connectivity index (χ0) is 14.5. The standard InChI is InChI=1S/C14H18N2O3S/c1-2-6-16(9-12(15)20)14(17)10-4-3-5-11-13(10)19-8-7-18-11/h3-5H,2,6-9H2,1H3,(H2,15,20). The number of para-hydroxylation sites is 1. The van der Waals surface area contributed by atoms with E-state index in [-0.39, 0.29) is 12.5 Å². The largest absolute Gasteiger partial charge is 0.486 e. The molecule has 0 unspecified atom stereocenters. The van der Waals surface area contributed by atoms with Gasteiger partial charge in [0.2, 0.25) is 0 Å². The topological polar surface area (TPSA) is 64.8 Å². The van der Waals surface area contributed by atoms with Gasteiger partial charge in [-0.3, -0.25) is 4.79 Å². The van der Waals surface area contributed by atoms with Crippen molar-refractivity contribution in [3.05, 3.63) is 23.8 Å². The number of thiocarbonyl (C=S) groups is 1. The fourth-order valence-corrected chi connectivity index (χ4v) is 2.28. The average Bonchev–Trinajstić information content (AvgIpc) is 2.45. The minimum Gasteiger partial charge on any atom is -0.486 e. The molecule has 0 fully saturated rings. The summed E-state index contributed by atoms with van der Waals surface area (Å²) in [5.41, 5.74) is 6.05. The van der Waals surface area contributed by atoms with Crippen LogP contribution in [0.25, 0.3) is 0 Å². The fourth-order valence-electron chi connectivity index (χ4n) is 2.12. The number of carbonyl (C=O) groups is 1. The van der Waals surface area contributed by atoms with E-state index in [9.17, 15) is 4.79 Å². The van der Waals surface area contributed by atoms with Crippen LogP contribution in [-0.2, 0) is 0 Å². The van der Waals surface area contributed by atoms with Gasteiger partial charge in [0.25, 0.3) is 5.91 Å². The van der Waals surface area contributed by atoms with Crippen molar-refractivity contribution in [2.24, 2.45) is 5.73 Å². The molecular formula is C14H18N2O3S. The first-order valence-corrected chi connectivity index (χ1v) is 7.00. The van der Waals surface area contributed by atoms with Gasteiger partial charge < -0.3 is 20.1 Å². The molecule has 1 aromatic rings. The normalized spacial score (nSPS) is 12.8. The highest BCUT2D eigenvalue weighted by molar-refractivity contribution is 7.80. The summed E-state index contributed by atoms with van der Waals surface area (Å²) in [6, 6.07) is 5.31. The zero-order valence-corrected chi connectivity index (χ0v) is 12.2. The quantitative estimate of drug-likeness (QED) is 0.836. The van der Waals surface area contributed by atoms with E-state index < -0.39 is 0 Å². The van der Waals surface area contributed by atoms with Crippen LogP contribution in [0.1, 0.15) is 23.7 Å². The highest BCUT2D eigenvalue weighted by Crippen LogP contribution is 2.34. The van der Waals surface area contributed by atoms with Crippen molar-refractivity contribution in [2.75, 3.05) is 26.3 Å². The Labute approximate surface area is 123 Å². The SMILES string of the molecule is CCCN(CC(N)=S)C(=O)c1cccc2c1OCCO2. The van der Waals surface area contributed by atoms with Gasteiger partial charge in [0.05, 0.1) is 17.1 Å². The lowest BCUT2D eigenvalue weighted by Gasteiger charge is -2.25. The van der Waals surface area contributed by atoms with Crippen molar-refractivity contribution in [1.82, 2.24) is 4.90 Å². The van der Waals surface area contributed by atoms with Crippen LogP contribution in [0.2, 0.25) is 0 Å². The van der Waals surface area contributed by atoms with E-state index in [0.29, 0.717) is 41.8 Å². The van der Waals surface area contributed by atoms with Gasteiger partial charge in [0.1, 0.15) is 13.2 Å². The van der Waals surface area contributed by atoms with Crippen LogP contribution in [0, 0.1) is 0 Å². The Kier molecular flexibility index (Phi) is 4.79. The second kappa shape index (κ2) is 6.56. The van der Waals surface area contributed by atoms with Crippen LogP contribution >= 0.6 is 12.2 Å². The molecule has 0 saturated carbocycles. The van der Waals surface area contributed by atoms with E-state index in [2.05, 4.69) is 0 Å². The third-order valence-corrected chi connectivity index (χ3v) is 3.05. The maximum Gasteiger partial charge on any atom is 0.258 e. The summed E-state index contributed by atoms with van der Waals surface area (Å²) in [6.45, 7) is 3.81. The van der Waals surface area contributed by atoms with Crippen LogP contribution < -0.4 is 15.2 Å². The predicted octanol–water partition coefficient (Wildman–Crippen LogP) is 1.60. The minimum atomic E-state index is -0.137. The predicted molar refractivity (Wildman–Crippen MR) is 80.4 cm³/mol. The summed E-state index contributed by atoms with van der Waals surface area (Å²) >= 11 is 4.90. The molecule has 0 aliphatic carbocycles. The maximum atomic E-state index is 12.6. The smallest absolute Gasteiger partial charge is 0.258 e. The van der Waals surface area contributed by atoms with Gasteiger partial charge in [-0.25, -0.2) is 0 Å². The molecule has 0 saturated heterocycles. The molecular weight excluding hydrogens is 276 g/mol. The van der Waals surface area contributed by atoms with Crippen LogP contribution in [0.15, 0.2) is 18.2 Å². The van der Waals surface area contributed by atoms with Gasteiger partial charge in [0.15, 0.2) is 11.5 Å². The summed E-state index contributed by atoms with van der Waals surface area (Å²) in [7, 11) is 0. The van der Waals surface area contributed by atoms with E-state index in [1.807, 2.05) is 6.92 Å². The monoisotopic (exact) mass is 294 g/mol. The molecule has 1 aliphatic rings. The minimum absolute atomic E-state index is 0.137. The van der Waals surface area contributed by atoms with Gasteiger partial charge in [-0.05, 0) is 18.6 Å². The third-order valence-electron chi connectivity index (χ3n) is 2.92. The van der Waals surface area contributed by atoms with Gasteiger partial charge >= 0.3 is 0 Å². The van der Waals surface area contributed by atoms with E-state index in [4.69, 9.17) is 27.4 Å². The molecule has 0 radical (unpaired) electrons. The Morgan fingerprint density at radius 1 is 1.40 bits per heavy atom. The molecule has 1 heterocycles. The molecule has 1 aromatic carbocycles. The highest BCUT2D eigenvalue weighted by Gasteiger charge is 2.24. The molecule has 0 spiro atoms. The van der Waals surface area contributed by atoms with Crippen LogP contribution in [0.3, 0.4) is 0 Å². The van der Waals surface area contributed by atoms with Crippen LogP contribution in [0.4, 0.5) is 0 Å². The van der Waals surface area contributed by atoms with Crippen molar-refractivity contribution in [2.45, 2.75) is 13.3 Å². The van der Waals surface area contributed by atoms with E-state index in [1.54, 1.807) is 23.1 Å². The van der Waals surface area contributed by atoms with Crippen LogP contribution in [0.5, 0.6) is 11.5 Å². The average molecular weight is 294 g/mol. The fraction of sp³-hybridized carbons (Fsp3) is 0.429. The van der Waals surface area contributed by atoms with E-state index >= 15 is 0 Å². The third kappa shape index (κ3) is 3.19. The Hall–Kier alpha value is -1.82. The Morgan fingerprint density at radius 3 is 2.85 bits per heavy atom. The van der Waals surface area contributed by atoms with Gasteiger partial charge in [-0.15, -0.1) is 0 Å². The van der Waals surface area contributed by atoms with Gasteiger partial charge in [-0.1, -0.05) is 25.2 Å². The lowest BCUT2D eigenvalue weighted by molar-refractivity contribution is 0.0769. The molecule has 1 amide bonds. The lowest BCUT2D eigenvalue weighted by atomic mass is 10.1. The molecule has 0 aromatic heterocycles. The summed E-state index contributed by atoms with van der Waals surface area (Å²) < 4.78 is 11.1. The molecule has 0 atom stereocenters. The van der Waals surface area contributed by atoms with Crippen molar-refractivity contribution >= 4 is 23.1 Å². The van der Waals surface area contributed by atoms with Crippen molar-refractivity contribution < 1.29 is 14.3 Å². The molecule has 0 bridgehead atoms. The van der Waals surface area contributed by atoms with E-state index in [1.165, 1.54) is 0 Å². The molecule has 2 N–H and O–H groups in total. The highest BCUT2D eigenvalue weighted by atomic mass is 32.1. The van der Waals surface area contributed by atoms with Crippen molar-refractivity contribution in [3.63, 3.8) is 0 Å². The van der Waals surface area contributed by atoms with E-state index in [0.717, 1.165) is 6.42 Å². The number of rotatable bonds is 5. The van der Waals surface area contributed by atoms with Gasteiger partial charge in [0, 0.05) is 6.54 Å². The summed E-state index contributed by atoms with van der Waals surface area (Å²) in [5, 5.41) is 0. The summed E-state index contributed by atoms with van der Waals surface area (Å²) in [6.07, 6.45) is 0.834. The number of amides is 1. The number of ether oxygens (including phenoxy) is 2. The number of nitrogens with zero attached hydrogens (tertiary/aromatic N) is 1. The Balaban J connectivity index is 2.29. The number of benzene rings is 1. The molecule has 20 heavy (non-hydrogen) atoms. The summed E-state index contributed by atoms with van der Waals surface area (Å²) in [4.78, 5) is 14.6. The van der Waals surface area contributed by atoms with Gasteiger partial charge in [-0.2, -0.15) is 0 Å². The Morgan fingerprint density at radius 2 is 2.15 bits per heavy atom. The number of hydrogen-bond acceptors (Lipinski definition) is 4. The summed E-state index contributed by atoms with van der Waals surface area (Å²) in [5.74, 6) is 0.976. The van der Waals surface area contributed by atoms with Crippen molar-refractivity contribution in [1.29, 1.82) is 0 Å². The molecule has 1 aliphatic heterocycles. The first-order valence-electron chi connectivity index (χ1n) is 6.59. The van der Waals surface area contributed by atoms with Crippen molar-refractivity contribution in [3.8, 4) is 11.5 Å². The van der Waals surface area contributed by atoms with Crippen LogP contribution in [-0.4, -0.2) is 42.1 Å². The zero-order valence-electron chi connectivity index (χ0n) is 11.4. The second-order valence-electron chi connectivity index (χ2n) is 4.52. The first-order chi connectivity index (χ1) is 9.63. The number of fused-ring (bicyclic) bond motifs is 1. The maximum absolute atomic E-state index is 12.6. The Bertz CT molecular complexity index is 519. The molecule has 6 heteroatoms. The number of nitrogens with two attached hydrogens (primary N) is 1. The second-order valence-corrected chi connectivity index (χ2v) is 5.05. The number of hydrogen-bond donors (Lipinski definition) is 1.